The number of halogens is 1. The zero-order valence-electron chi connectivity index (χ0n) is 14.1. The van der Waals surface area contributed by atoms with E-state index in [0.29, 0.717) is 13.2 Å². The van der Waals surface area contributed by atoms with Gasteiger partial charge in [-0.3, -0.25) is 4.79 Å². The molecular formula is C16H23ClN2O4S. The molecule has 1 aliphatic rings. The third kappa shape index (κ3) is 4.27. The van der Waals surface area contributed by atoms with Crippen LogP contribution in [0.3, 0.4) is 0 Å². The lowest BCUT2D eigenvalue weighted by Gasteiger charge is -2.26. The average Bonchev–Trinajstić information content (AvgIpc) is 2.55. The van der Waals surface area contributed by atoms with Gasteiger partial charge in [0.2, 0.25) is 10.0 Å². The number of benzene rings is 1. The lowest BCUT2D eigenvalue weighted by Crippen LogP contribution is -2.41. The van der Waals surface area contributed by atoms with E-state index in [1.54, 1.807) is 0 Å². The minimum atomic E-state index is -3.75. The average molecular weight is 375 g/mol. The number of ether oxygens (including phenoxy) is 1. The molecule has 1 amide bonds. The van der Waals surface area contributed by atoms with E-state index >= 15 is 0 Å². The number of amides is 1. The maximum absolute atomic E-state index is 12.8. The molecule has 0 saturated carbocycles. The number of hydrogen-bond donors (Lipinski definition) is 1. The Balaban J connectivity index is 2.29. The number of morpholine rings is 1. The number of nitrogens with zero attached hydrogens (tertiary/aromatic N) is 1. The number of sulfonamides is 1. The van der Waals surface area contributed by atoms with Crippen LogP contribution in [0.1, 0.15) is 31.1 Å². The molecule has 0 aromatic heterocycles. The Kier molecular flexibility index (Phi) is 6.25. The molecule has 0 spiro atoms. The van der Waals surface area contributed by atoms with E-state index in [2.05, 4.69) is 5.32 Å². The fraction of sp³-hybridized carbons (Fsp3) is 0.562. The molecule has 6 nitrogen and oxygen atoms in total. The van der Waals surface area contributed by atoms with E-state index in [4.69, 9.17) is 16.3 Å². The maximum atomic E-state index is 12.8. The third-order valence-electron chi connectivity index (χ3n) is 4.14. The summed E-state index contributed by atoms with van der Waals surface area (Å²) in [6.45, 7) is 7.16. The highest BCUT2D eigenvalue weighted by Gasteiger charge is 2.29. The van der Waals surface area contributed by atoms with Crippen LogP contribution in [0, 0.1) is 5.92 Å². The van der Waals surface area contributed by atoms with Crippen LogP contribution in [0.4, 0.5) is 0 Å². The Hall–Kier alpha value is -1.15. The first-order valence-corrected chi connectivity index (χ1v) is 9.73. The highest BCUT2D eigenvalue weighted by atomic mass is 35.5. The zero-order valence-corrected chi connectivity index (χ0v) is 15.7. The summed E-state index contributed by atoms with van der Waals surface area (Å²) in [5.74, 6) is -0.0379. The summed E-state index contributed by atoms with van der Waals surface area (Å²) in [6.07, 6.45) is 0. The van der Waals surface area contributed by atoms with E-state index in [0.717, 1.165) is 0 Å². The van der Waals surface area contributed by atoms with Crippen molar-refractivity contribution in [1.82, 2.24) is 9.62 Å². The molecule has 1 aromatic rings. The number of carbonyl (C=O) groups excluding carboxylic acids is 1. The monoisotopic (exact) mass is 374 g/mol. The van der Waals surface area contributed by atoms with Gasteiger partial charge in [0.25, 0.3) is 5.91 Å². The van der Waals surface area contributed by atoms with Crippen LogP contribution >= 0.6 is 11.6 Å². The first-order chi connectivity index (χ1) is 11.2. The summed E-state index contributed by atoms with van der Waals surface area (Å²) in [4.78, 5) is 12.3. The maximum Gasteiger partial charge on any atom is 0.251 e. The van der Waals surface area contributed by atoms with Crippen molar-refractivity contribution < 1.29 is 17.9 Å². The van der Waals surface area contributed by atoms with Gasteiger partial charge in [-0.15, -0.1) is 0 Å². The van der Waals surface area contributed by atoms with Crippen molar-refractivity contribution in [3.8, 4) is 0 Å². The Morgan fingerprint density at radius 2 is 1.88 bits per heavy atom. The summed E-state index contributed by atoms with van der Waals surface area (Å²) in [5, 5.41) is 2.97. The van der Waals surface area contributed by atoms with Crippen LogP contribution in [0.15, 0.2) is 23.1 Å². The van der Waals surface area contributed by atoms with Crippen LogP contribution in [0.2, 0.25) is 5.02 Å². The minimum absolute atomic E-state index is 0.0209. The summed E-state index contributed by atoms with van der Waals surface area (Å²) in [7, 11) is -3.75. The number of nitrogens with one attached hydrogen (secondary N) is 1. The molecule has 1 unspecified atom stereocenters. The van der Waals surface area contributed by atoms with E-state index in [1.165, 1.54) is 22.5 Å². The number of rotatable bonds is 5. The molecule has 1 heterocycles. The second-order valence-corrected chi connectivity index (χ2v) is 8.48. The van der Waals surface area contributed by atoms with Gasteiger partial charge in [0.1, 0.15) is 4.90 Å². The highest BCUT2D eigenvalue weighted by molar-refractivity contribution is 7.89. The molecule has 1 atom stereocenters. The molecule has 0 bridgehead atoms. The van der Waals surface area contributed by atoms with Crippen LogP contribution in [0.25, 0.3) is 0 Å². The third-order valence-corrected chi connectivity index (χ3v) is 6.52. The molecular weight excluding hydrogens is 352 g/mol. The van der Waals surface area contributed by atoms with Gasteiger partial charge in [-0.25, -0.2) is 8.42 Å². The van der Waals surface area contributed by atoms with Crippen molar-refractivity contribution in [3.05, 3.63) is 28.8 Å². The van der Waals surface area contributed by atoms with Gasteiger partial charge < -0.3 is 10.1 Å². The Labute approximate surface area is 148 Å². The quantitative estimate of drug-likeness (QED) is 0.856. The molecule has 0 radical (unpaired) electrons. The molecule has 1 aromatic carbocycles. The van der Waals surface area contributed by atoms with Crippen molar-refractivity contribution in [2.75, 3.05) is 26.3 Å². The SMILES string of the molecule is CC(C)C(C)NC(=O)c1ccc(Cl)c(S(=O)(=O)N2CCOCC2)c1. The standard InChI is InChI=1S/C16H23ClN2O4S/c1-11(2)12(3)18-16(20)13-4-5-14(17)15(10-13)24(21,22)19-6-8-23-9-7-19/h4-5,10-12H,6-9H2,1-3H3,(H,18,20). The van der Waals surface area contributed by atoms with Gasteiger partial charge >= 0.3 is 0 Å². The van der Waals surface area contributed by atoms with Crippen molar-refractivity contribution >= 4 is 27.5 Å². The van der Waals surface area contributed by atoms with Crippen LogP contribution < -0.4 is 5.32 Å². The Morgan fingerprint density at radius 3 is 2.46 bits per heavy atom. The van der Waals surface area contributed by atoms with Crippen molar-refractivity contribution in [3.63, 3.8) is 0 Å². The second-order valence-electron chi connectivity index (χ2n) is 6.17. The minimum Gasteiger partial charge on any atom is -0.379 e. The fourth-order valence-electron chi connectivity index (χ4n) is 2.23. The molecule has 24 heavy (non-hydrogen) atoms. The molecule has 1 fully saturated rings. The highest BCUT2D eigenvalue weighted by Crippen LogP contribution is 2.26. The summed E-state index contributed by atoms with van der Waals surface area (Å²) in [6, 6.07) is 4.30. The van der Waals surface area contributed by atoms with Gasteiger partial charge in [0, 0.05) is 24.7 Å². The first-order valence-electron chi connectivity index (χ1n) is 7.92. The van der Waals surface area contributed by atoms with Gasteiger partial charge in [0.15, 0.2) is 0 Å². The molecule has 1 aliphatic heterocycles. The molecule has 134 valence electrons. The summed E-state index contributed by atoms with van der Waals surface area (Å²) >= 11 is 6.09. The van der Waals surface area contributed by atoms with E-state index in [9.17, 15) is 13.2 Å². The Bertz CT molecular complexity index is 700. The van der Waals surface area contributed by atoms with Gasteiger partial charge in [0.05, 0.1) is 18.2 Å². The normalized spacial score (nSPS) is 17.7. The van der Waals surface area contributed by atoms with E-state index in [-0.39, 0.29) is 46.4 Å². The van der Waals surface area contributed by atoms with Crippen LogP contribution in [-0.2, 0) is 14.8 Å². The number of carbonyl (C=O) groups is 1. The lowest BCUT2D eigenvalue weighted by molar-refractivity contribution is 0.0730. The smallest absolute Gasteiger partial charge is 0.251 e. The lowest BCUT2D eigenvalue weighted by atomic mass is 10.1. The van der Waals surface area contributed by atoms with E-state index < -0.39 is 10.0 Å². The predicted molar refractivity (Wildman–Crippen MR) is 92.8 cm³/mol. The topological polar surface area (TPSA) is 75.7 Å². The van der Waals surface area contributed by atoms with Crippen molar-refractivity contribution in [2.24, 2.45) is 5.92 Å². The second kappa shape index (κ2) is 7.82. The predicted octanol–water partition coefficient (Wildman–Crippen LogP) is 2.14. The molecule has 1 saturated heterocycles. The molecule has 8 heteroatoms. The number of hydrogen-bond acceptors (Lipinski definition) is 4. The van der Waals surface area contributed by atoms with Crippen molar-refractivity contribution in [2.45, 2.75) is 31.7 Å². The van der Waals surface area contributed by atoms with E-state index in [1.807, 2.05) is 20.8 Å². The zero-order chi connectivity index (χ0) is 17.9. The summed E-state index contributed by atoms with van der Waals surface area (Å²) in [5.41, 5.74) is 0.277. The Morgan fingerprint density at radius 1 is 1.25 bits per heavy atom. The largest absolute Gasteiger partial charge is 0.379 e. The molecule has 2 rings (SSSR count). The summed E-state index contributed by atoms with van der Waals surface area (Å²) < 4.78 is 32.1. The first kappa shape index (κ1) is 19.2. The molecule has 0 aliphatic carbocycles. The van der Waals surface area contributed by atoms with Gasteiger partial charge in [-0.2, -0.15) is 4.31 Å². The van der Waals surface area contributed by atoms with Crippen LogP contribution in [0.5, 0.6) is 0 Å². The van der Waals surface area contributed by atoms with Crippen molar-refractivity contribution in [1.29, 1.82) is 0 Å². The molecule has 1 N–H and O–H groups in total. The fourth-order valence-corrected chi connectivity index (χ4v) is 4.13. The van der Waals surface area contributed by atoms with Gasteiger partial charge in [-0.05, 0) is 31.0 Å². The van der Waals surface area contributed by atoms with Gasteiger partial charge in [-0.1, -0.05) is 25.4 Å². The van der Waals surface area contributed by atoms with Crippen LogP contribution in [-0.4, -0.2) is 51.0 Å².